The molecule has 5 rings (SSSR count). The fourth-order valence-electron chi connectivity index (χ4n) is 4.28. The monoisotopic (exact) mass is 507 g/mol. The lowest BCUT2D eigenvalue weighted by Gasteiger charge is -2.24. The standard InChI is InChI=1S/C23H21ClF3N5OS/c1-2-32-6-4-18-14(21(32)33)9-19(34-18)20-15(23(25,26)27)11-29-22(31-20)30-17-8-12-3-5-28-10-13(12)7-16(17)24/h7-9,11,28H,2-6,10H2,1H3,(H,29,30,31). The van der Waals surface area contributed by atoms with Gasteiger partial charge in [0.2, 0.25) is 5.95 Å². The van der Waals surface area contributed by atoms with Gasteiger partial charge in [0.05, 0.1) is 26.8 Å². The number of fused-ring (bicyclic) bond motifs is 2. The van der Waals surface area contributed by atoms with E-state index in [-0.39, 0.29) is 22.4 Å². The summed E-state index contributed by atoms with van der Waals surface area (Å²) in [6.07, 6.45) is -2.44. The Morgan fingerprint density at radius 3 is 2.82 bits per heavy atom. The first-order chi connectivity index (χ1) is 16.2. The summed E-state index contributed by atoms with van der Waals surface area (Å²) in [4.78, 5) is 23.6. The Morgan fingerprint density at radius 1 is 1.24 bits per heavy atom. The lowest BCUT2D eigenvalue weighted by molar-refractivity contribution is -0.137. The number of likely N-dealkylation sites (N-methyl/N-ethyl adjacent to an activating group) is 1. The molecule has 0 atom stereocenters. The minimum absolute atomic E-state index is 0.00617. The highest BCUT2D eigenvalue weighted by atomic mass is 35.5. The average Bonchev–Trinajstić information content (AvgIpc) is 3.24. The first-order valence-electron chi connectivity index (χ1n) is 10.9. The van der Waals surface area contributed by atoms with Gasteiger partial charge in [-0.15, -0.1) is 11.3 Å². The van der Waals surface area contributed by atoms with Crippen LogP contribution >= 0.6 is 22.9 Å². The summed E-state index contributed by atoms with van der Waals surface area (Å²) in [5.41, 5.74) is 1.99. The second-order valence-corrected chi connectivity index (χ2v) is 9.73. The van der Waals surface area contributed by atoms with Crippen molar-refractivity contribution in [1.82, 2.24) is 20.2 Å². The first kappa shape index (κ1) is 23.1. The van der Waals surface area contributed by atoms with Crippen molar-refractivity contribution in [3.63, 3.8) is 0 Å². The summed E-state index contributed by atoms with van der Waals surface area (Å²) in [5, 5.41) is 6.70. The third kappa shape index (κ3) is 4.25. The van der Waals surface area contributed by atoms with Gasteiger partial charge < -0.3 is 15.5 Å². The maximum absolute atomic E-state index is 13.8. The molecule has 1 amide bonds. The van der Waals surface area contributed by atoms with E-state index in [1.807, 2.05) is 19.1 Å². The smallest absolute Gasteiger partial charge is 0.339 e. The SMILES string of the molecule is CCN1CCc2sc(-c3nc(Nc4cc5c(cc4Cl)CNCC5)ncc3C(F)(F)F)cc2C1=O. The van der Waals surface area contributed by atoms with Crippen LogP contribution < -0.4 is 10.6 Å². The number of carbonyl (C=O) groups excluding carboxylic acids is 1. The fraction of sp³-hybridized carbons (Fsp3) is 0.348. The molecule has 0 spiro atoms. The third-order valence-corrected chi connectivity index (χ3v) is 7.58. The van der Waals surface area contributed by atoms with Crippen LogP contribution in [0.5, 0.6) is 0 Å². The average molecular weight is 508 g/mol. The largest absolute Gasteiger partial charge is 0.420 e. The molecule has 0 saturated carbocycles. The number of amides is 1. The molecule has 11 heteroatoms. The molecule has 0 aliphatic carbocycles. The van der Waals surface area contributed by atoms with Crippen LogP contribution in [0.3, 0.4) is 0 Å². The van der Waals surface area contributed by atoms with Crippen LogP contribution in [-0.2, 0) is 25.6 Å². The van der Waals surface area contributed by atoms with Crippen molar-refractivity contribution in [2.24, 2.45) is 0 Å². The molecule has 0 fully saturated rings. The number of hydrogen-bond donors (Lipinski definition) is 2. The highest BCUT2D eigenvalue weighted by Crippen LogP contribution is 2.41. The van der Waals surface area contributed by atoms with Crippen molar-refractivity contribution in [3.05, 3.63) is 56.5 Å². The molecular formula is C23H21ClF3N5OS. The van der Waals surface area contributed by atoms with Crippen LogP contribution in [0.2, 0.25) is 5.02 Å². The third-order valence-electron chi connectivity index (χ3n) is 6.07. The summed E-state index contributed by atoms with van der Waals surface area (Å²) >= 11 is 7.59. The van der Waals surface area contributed by atoms with E-state index in [4.69, 9.17) is 11.6 Å². The summed E-state index contributed by atoms with van der Waals surface area (Å²) < 4.78 is 41.5. The Labute approximate surface area is 203 Å². The predicted octanol–water partition coefficient (Wildman–Crippen LogP) is 5.28. The van der Waals surface area contributed by atoms with E-state index < -0.39 is 11.7 Å². The molecule has 2 aromatic heterocycles. The minimum atomic E-state index is -4.64. The van der Waals surface area contributed by atoms with Crippen molar-refractivity contribution in [1.29, 1.82) is 0 Å². The van der Waals surface area contributed by atoms with Gasteiger partial charge in [-0.3, -0.25) is 4.79 Å². The van der Waals surface area contributed by atoms with Gasteiger partial charge in [-0.25, -0.2) is 9.97 Å². The van der Waals surface area contributed by atoms with Crippen LogP contribution in [0.4, 0.5) is 24.8 Å². The Kier molecular flexibility index (Phi) is 5.99. The summed E-state index contributed by atoms with van der Waals surface area (Å²) in [5.74, 6) is -0.158. The summed E-state index contributed by atoms with van der Waals surface area (Å²) in [7, 11) is 0. The quantitative estimate of drug-likeness (QED) is 0.502. The Bertz CT molecular complexity index is 1280. The predicted molar refractivity (Wildman–Crippen MR) is 126 cm³/mol. The number of halogens is 4. The number of rotatable bonds is 4. The van der Waals surface area contributed by atoms with Gasteiger partial charge in [-0.05, 0) is 49.2 Å². The second kappa shape index (κ2) is 8.83. The molecule has 4 heterocycles. The van der Waals surface area contributed by atoms with Crippen molar-refractivity contribution in [3.8, 4) is 10.6 Å². The van der Waals surface area contributed by atoms with Gasteiger partial charge in [-0.2, -0.15) is 13.2 Å². The van der Waals surface area contributed by atoms with E-state index in [2.05, 4.69) is 20.6 Å². The molecule has 0 radical (unpaired) electrons. The molecule has 0 saturated heterocycles. The zero-order chi connectivity index (χ0) is 24.0. The molecule has 34 heavy (non-hydrogen) atoms. The number of carbonyl (C=O) groups is 1. The van der Waals surface area contributed by atoms with Gasteiger partial charge in [0.25, 0.3) is 5.91 Å². The number of nitrogens with one attached hydrogen (secondary N) is 2. The van der Waals surface area contributed by atoms with Crippen molar-refractivity contribution in [2.45, 2.75) is 32.5 Å². The highest BCUT2D eigenvalue weighted by molar-refractivity contribution is 7.15. The van der Waals surface area contributed by atoms with E-state index >= 15 is 0 Å². The van der Waals surface area contributed by atoms with E-state index in [0.29, 0.717) is 42.3 Å². The number of benzene rings is 1. The van der Waals surface area contributed by atoms with Gasteiger partial charge in [0, 0.05) is 37.1 Å². The molecular weight excluding hydrogens is 487 g/mol. The molecule has 6 nitrogen and oxygen atoms in total. The molecule has 178 valence electrons. The molecule has 3 aromatic rings. The number of nitrogens with zero attached hydrogens (tertiary/aromatic N) is 3. The van der Waals surface area contributed by atoms with Crippen LogP contribution in [-0.4, -0.2) is 40.4 Å². The second-order valence-electron chi connectivity index (χ2n) is 8.19. The molecule has 2 aliphatic heterocycles. The van der Waals surface area contributed by atoms with Crippen LogP contribution in [0.1, 0.15) is 38.8 Å². The lowest BCUT2D eigenvalue weighted by atomic mass is 10.0. The molecule has 0 unspecified atom stereocenters. The van der Waals surface area contributed by atoms with E-state index in [9.17, 15) is 18.0 Å². The highest BCUT2D eigenvalue weighted by Gasteiger charge is 2.37. The van der Waals surface area contributed by atoms with Crippen molar-refractivity contribution >= 4 is 40.5 Å². The number of anilines is 2. The Hall–Kier alpha value is -2.69. The Morgan fingerprint density at radius 2 is 2.06 bits per heavy atom. The van der Waals surface area contributed by atoms with Gasteiger partial charge in [0.1, 0.15) is 5.56 Å². The van der Waals surface area contributed by atoms with Crippen LogP contribution in [0.25, 0.3) is 10.6 Å². The minimum Gasteiger partial charge on any atom is -0.339 e. The lowest BCUT2D eigenvalue weighted by Crippen LogP contribution is -2.36. The number of alkyl halides is 3. The van der Waals surface area contributed by atoms with E-state index in [1.165, 1.54) is 17.4 Å². The molecule has 2 N–H and O–H groups in total. The fourth-order valence-corrected chi connectivity index (χ4v) is 5.66. The maximum Gasteiger partial charge on any atom is 0.420 e. The van der Waals surface area contributed by atoms with Crippen molar-refractivity contribution < 1.29 is 18.0 Å². The van der Waals surface area contributed by atoms with E-state index in [0.717, 1.165) is 35.2 Å². The normalized spacial score (nSPS) is 15.8. The first-order valence-corrected chi connectivity index (χ1v) is 12.1. The maximum atomic E-state index is 13.8. The topological polar surface area (TPSA) is 70.2 Å². The van der Waals surface area contributed by atoms with Crippen molar-refractivity contribution in [2.75, 3.05) is 25.0 Å². The molecule has 2 aliphatic rings. The number of hydrogen-bond acceptors (Lipinski definition) is 6. The van der Waals surface area contributed by atoms with Gasteiger partial charge in [0.15, 0.2) is 0 Å². The number of thiophene rings is 1. The van der Waals surface area contributed by atoms with Crippen LogP contribution in [0, 0.1) is 0 Å². The summed E-state index contributed by atoms with van der Waals surface area (Å²) in [6, 6.07) is 5.25. The van der Waals surface area contributed by atoms with Gasteiger partial charge >= 0.3 is 6.18 Å². The summed E-state index contributed by atoms with van der Waals surface area (Å²) in [6.45, 7) is 4.54. The number of aromatic nitrogens is 2. The Balaban J connectivity index is 1.54. The van der Waals surface area contributed by atoms with Gasteiger partial charge in [-0.1, -0.05) is 11.6 Å². The van der Waals surface area contributed by atoms with E-state index in [1.54, 1.807) is 4.90 Å². The zero-order valence-corrected chi connectivity index (χ0v) is 19.8. The molecule has 1 aromatic carbocycles. The molecule has 0 bridgehead atoms. The van der Waals surface area contributed by atoms with Crippen LogP contribution in [0.15, 0.2) is 24.4 Å². The zero-order valence-electron chi connectivity index (χ0n) is 18.2.